The summed E-state index contributed by atoms with van der Waals surface area (Å²) in [5.41, 5.74) is 0. The lowest BCUT2D eigenvalue weighted by Gasteiger charge is -2.18. The number of hydrogen-bond donors (Lipinski definition) is 0. The topological polar surface area (TPSA) is 78.9 Å². The Kier molecular flexibility index (Phi) is 50.9. The first-order valence-electron chi connectivity index (χ1n) is 27.2. The Morgan fingerprint density at radius 2 is 0.652 bits per heavy atom. The molecule has 0 bridgehead atoms. The van der Waals surface area contributed by atoms with Gasteiger partial charge < -0.3 is 14.2 Å². The molecule has 66 heavy (non-hydrogen) atoms. The number of carbonyl (C=O) groups excluding carboxylic acids is 3. The number of rotatable bonds is 48. The van der Waals surface area contributed by atoms with E-state index in [0.29, 0.717) is 12.8 Å². The molecule has 1 atom stereocenters. The maximum Gasteiger partial charge on any atom is 0.309 e. The first-order chi connectivity index (χ1) is 32.5. The number of ether oxygens (including phenoxy) is 3. The van der Waals surface area contributed by atoms with Crippen LogP contribution in [0.4, 0.5) is 0 Å². The predicted octanol–water partition coefficient (Wildman–Crippen LogP) is 18.1. The van der Waals surface area contributed by atoms with Crippen LogP contribution in [0.15, 0.2) is 97.2 Å². The van der Waals surface area contributed by atoms with Gasteiger partial charge in [0.2, 0.25) is 0 Å². The molecule has 6 nitrogen and oxygen atoms in total. The summed E-state index contributed by atoms with van der Waals surface area (Å²) in [6.45, 7) is 6.39. The van der Waals surface area contributed by atoms with Crippen molar-refractivity contribution in [2.24, 2.45) is 0 Å². The summed E-state index contributed by atoms with van der Waals surface area (Å²) in [6.07, 6.45) is 71.3. The highest BCUT2D eigenvalue weighted by molar-refractivity contribution is 5.72. The predicted molar refractivity (Wildman–Crippen MR) is 284 cm³/mol. The summed E-state index contributed by atoms with van der Waals surface area (Å²) in [5.74, 6) is -1.07. The van der Waals surface area contributed by atoms with Crippen LogP contribution in [0.25, 0.3) is 0 Å². The fraction of sp³-hybridized carbons (Fsp3) is 0.683. The van der Waals surface area contributed by atoms with Crippen LogP contribution in [0, 0.1) is 0 Å². The second kappa shape index (κ2) is 53.9. The molecule has 0 aromatic carbocycles. The Hall–Kier alpha value is -3.67. The van der Waals surface area contributed by atoms with E-state index >= 15 is 0 Å². The van der Waals surface area contributed by atoms with Gasteiger partial charge in [-0.2, -0.15) is 0 Å². The number of carbonyl (C=O) groups is 3. The van der Waals surface area contributed by atoms with Gasteiger partial charge in [0.25, 0.3) is 0 Å². The highest BCUT2D eigenvalue weighted by atomic mass is 16.6. The fourth-order valence-corrected chi connectivity index (χ4v) is 7.25. The summed E-state index contributed by atoms with van der Waals surface area (Å²) >= 11 is 0. The van der Waals surface area contributed by atoms with Gasteiger partial charge in [0.15, 0.2) is 6.10 Å². The zero-order chi connectivity index (χ0) is 47.9. The van der Waals surface area contributed by atoms with Crippen LogP contribution in [0.5, 0.6) is 0 Å². The Morgan fingerprint density at radius 3 is 1.11 bits per heavy atom. The van der Waals surface area contributed by atoms with Crippen molar-refractivity contribution >= 4 is 17.9 Å². The Morgan fingerprint density at radius 1 is 0.333 bits per heavy atom. The van der Waals surface area contributed by atoms with Crippen LogP contribution < -0.4 is 0 Å². The maximum absolute atomic E-state index is 12.8. The summed E-state index contributed by atoms with van der Waals surface area (Å²) in [5, 5.41) is 0. The average Bonchev–Trinajstić information content (AvgIpc) is 3.31. The van der Waals surface area contributed by atoms with Crippen molar-refractivity contribution in [3.05, 3.63) is 97.2 Å². The molecule has 0 aliphatic heterocycles. The third-order valence-electron chi connectivity index (χ3n) is 11.3. The number of hydrogen-bond acceptors (Lipinski definition) is 6. The van der Waals surface area contributed by atoms with Gasteiger partial charge in [-0.1, -0.05) is 221 Å². The Bertz CT molecular complexity index is 1330. The lowest BCUT2D eigenvalue weighted by atomic mass is 10.1. The van der Waals surface area contributed by atoms with Gasteiger partial charge >= 0.3 is 17.9 Å². The van der Waals surface area contributed by atoms with E-state index in [1.54, 1.807) is 6.08 Å². The average molecular weight is 917 g/mol. The molecule has 0 rings (SSSR count). The third-order valence-corrected chi connectivity index (χ3v) is 11.3. The minimum atomic E-state index is -0.826. The molecule has 0 aromatic heterocycles. The minimum absolute atomic E-state index is 0.115. The molecule has 0 aromatic rings. The van der Waals surface area contributed by atoms with Crippen molar-refractivity contribution in [1.29, 1.82) is 0 Å². The summed E-state index contributed by atoms with van der Waals surface area (Å²) in [6, 6.07) is 0. The van der Waals surface area contributed by atoms with Gasteiger partial charge in [-0.05, 0) is 103 Å². The minimum Gasteiger partial charge on any atom is -0.462 e. The smallest absolute Gasteiger partial charge is 0.309 e. The van der Waals surface area contributed by atoms with Crippen molar-refractivity contribution in [3.63, 3.8) is 0 Å². The standard InChI is InChI=1S/C60H100O6/c1-4-7-10-13-16-19-22-25-28-30-33-35-38-41-44-47-50-53-59(62)65-56-57(55-64-58(61)52-49-46-43-40-37-34-31-27-24-21-18-15-12-9-6-3)66-60(63)54-51-48-45-42-39-36-32-29-26-23-20-17-14-11-8-5-2/h9,12,16,18-19,21,25,27-29,31-32,37,40,46,49,57H,4-8,10-11,13-15,17,20,22-24,26,30,33-36,38-39,41-45,47-48,50-56H2,1-3H3/b12-9-,19-16-,21-18-,28-25-,31-27-,32-29-,40-37-,49-46-. The Labute approximate surface area is 407 Å². The van der Waals surface area contributed by atoms with E-state index in [1.807, 2.05) is 6.08 Å². The summed E-state index contributed by atoms with van der Waals surface area (Å²) < 4.78 is 16.7. The largest absolute Gasteiger partial charge is 0.462 e. The van der Waals surface area contributed by atoms with Gasteiger partial charge in [-0.25, -0.2) is 0 Å². The molecule has 0 aliphatic carbocycles. The molecule has 0 spiro atoms. The quantitative estimate of drug-likeness (QED) is 0.0262. The molecule has 376 valence electrons. The van der Waals surface area contributed by atoms with E-state index in [9.17, 15) is 14.4 Å². The number of esters is 3. The zero-order valence-electron chi connectivity index (χ0n) is 42.9. The van der Waals surface area contributed by atoms with Gasteiger partial charge in [0, 0.05) is 12.8 Å². The molecule has 0 saturated heterocycles. The molecule has 0 saturated carbocycles. The summed E-state index contributed by atoms with van der Waals surface area (Å²) in [7, 11) is 0. The van der Waals surface area contributed by atoms with E-state index in [0.717, 1.165) is 96.3 Å². The SMILES string of the molecule is CC/C=C\C/C=C\C/C=C\C/C=C\C/C=C\CC(=O)OCC(COC(=O)CCCCCCCCC/C=C\C/C=C\CCCCC)OC(=O)CCCCCCC/C=C\CCCCCCCCC. The Balaban J connectivity index is 4.52. The van der Waals surface area contributed by atoms with E-state index in [1.165, 1.54) is 109 Å². The second-order valence-corrected chi connectivity index (χ2v) is 17.8. The van der Waals surface area contributed by atoms with Crippen molar-refractivity contribution in [2.45, 2.75) is 252 Å². The van der Waals surface area contributed by atoms with Crippen molar-refractivity contribution in [3.8, 4) is 0 Å². The van der Waals surface area contributed by atoms with Crippen molar-refractivity contribution < 1.29 is 28.6 Å². The van der Waals surface area contributed by atoms with Crippen LogP contribution in [-0.2, 0) is 28.6 Å². The molecule has 0 aliphatic rings. The van der Waals surface area contributed by atoms with Crippen LogP contribution in [0.3, 0.4) is 0 Å². The van der Waals surface area contributed by atoms with E-state index in [2.05, 4.69) is 106 Å². The van der Waals surface area contributed by atoms with Gasteiger partial charge in [-0.15, -0.1) is 0 Å². The van der Waals surface area contributed by atoms with E-state index in [4.69, 9.17) is 14.2 Å². The van der Waals surface area contributed by atoms with Crippen LogP contribution in [0.1, 0.15) is 245 Å². The molecule has 1 unspecified atom stereocenters. The third kappa shape index (κ3) is 51.3. The van der Waals surface area contributed by atoms with E-state index < -0.39 is 12.1 Å². The van der Waals surface area contributed by atoms with Gasteiger partial charge in [-0.3, -0.25) is 14.4 Å². The molecular weight excluding hydrogens is 817 g/mol. The summed E-state index contributed by atoms with van der Waals surface area (Å²) in [4.78, 5) is 38.0. The normalized spacial score (nSPS) is 12.8. The fourth-order valence-electron chi connectivity index (χ4n) is 7.25. The molecule has 0 heterocycles. The monoisotopic (exact) mass is 917 g/mol. The van der Waals surface area contributed by atoms with Gasteiger partial charge in [0.05, 0.1) is 6.42 Å². The highest BCUT2D eigenvalue weighted by Crippen LogP contribution is 2.14. The molecule has 6 heteroatoms. The van der Waals surface area contributed by atoms with Crippen LogP contribution >= 0.6 is 0 Å². The molecular formula is C60H100O6. The molecule has 0 radical (unpaired) electrons. The van der Waals surface area contributed by atoms with Crippen molar-refractivity contribution in [1.82, 2.24) is 0 Å². The molecule has 0 fully saturated rings. The number of allylic oxidation sites excluding steroid dienone is 15. The second-order valence-electron chi connectivity index (χ2n) is 17.8. The lowest BCUT2D eigenvalue weighted by molar-refractivity contribution is -0.166. The zero-order valence-corrected chi connectivity index (χ0v) is 42.9. The maximum atomic E-state index is 12.8. The number of unbranched alkanes of at least 4 members (excludes halogenated alkanes) is 22. The molecule has 0 amide bonds. The van der Waals surface area contributed by atoms with Crippen molar-refractivity contribution in [2.75, 3.05) is 13.2 Å². The lowest BCUT2D eigenvalue weighted by Crippen LogP contribution is -2.30. The van der Waals surface area contributed by atoms with E-state index in [-0.39, 0.29) is 31.6 Å². The van der Waals surface area contributed by atoms with Gasteiger partial charge in [0.1, 0.15) is 13.2 Å². The molecule has 0 N–H and O–H groups in total. The van der Waals surface area contributed by atoms with Crippen LogP contribution in [-0.4, -0.2) is 37.2 Å². The first kappa shape index (κ1) is 62.3. The first-order valence-corrected chi connectivity index (χ1v) is 27.2. The highest BCUT2D eigenvalue weighted by Gasteiger charge is 2.19. The van der Waals surface area contributed by atoms with Crippen LogP contribution in [0.2, 0.25) is 0 Å².